The summed E-state index contributed by atoms with van der Waals surface area (Å²) < 4.78 is 0. The van der Waals surface area contributed by atoms with Gasteiger partial charge in [-0.3, -0.25) is 4.99 Å². The van der Waals surface area contributed by atoms with E-state index < -0.39 is 0 Å². The van der Waals surface area contributed by atoms with E-state index in [9.17, 15) is 0 Å². The van der Waals surface area contributed by atoms with Gasteiger partial charge in [0, 0.05) is 69.0 Å². The monoisotopic (exact) mass is 546 g/mol. The molecule has 0 saturated carbocycles. The van der Waals surface area contributed by atoms with Crippen molar-refractivity contribution in [2.24, 2.45) is 15.7 Å². The van der Waals surface area contributed by atoms with Crippen LogP contribution in [0, 0.1) is 6.92 Å². The van der Waals surface area contributed by atoms with Gasteiger partial charge in [0.2, 0.25) is 0 Å². The molecule has 3 rings (SSSR count). The zero-order valence-electron chi connectivity index (χ0n) is 26.3. The van der Waals surface area contributed by atoms with Gasteiger partial charge in [-0.05, 0) is 83.1 Å². The molecule has 0 aliphatic carbocycles. The predicted molar refractivity (Wildman–Crippen MR) is 174 cm³/mol. The van der Waals surface area contributed by atoms with Gasteiger partial charge in [0.25, 0.3) is 0 Å². The second-order valence-electron chi connectivity index (χ2n) is 11.7. The molecule has 2 saturated heterocycles. The molecule has 0 amide bonds. The van der Waals surface area contributed by atoms with Crippen LogP contribution >= 0.6 is 0 Å². The van der Waals surface area contributed by atoms with Gasteiger partial charge >= 0.3 is 0 Å². The number of hydrogen-bond acceptors (Lipinski definition) is 5. The van der Waals surface area contributed by atoms with E-state index in [0.29, 0.717) is 0 Å². The Balaban J connectivity index is 1.90. The first-order valence-electron chi connectivity index (χ1n) is 15.4. The highest BCUT2D eigenvalue weighted by Crippen LogP contribution is 2.31. The molecular formula is C34H54N6. The Bertz CT molecular complexity index is 1120. The minimum absolute atomic E-state index is 0.199. The molecule has 1 unspecified atom stereocenters. The summed E-state index contributed by atoms with van der Waals surface area (Å²) in [6, 6.07) is 7.27. The van der Waals surface area contributed by atoms with Crippen molar-refractivity contribution in [3.05, 3.63) is 65.0 Å². The smallest absolute Gasteiger partial charge is 0.130 e. The van der Waals surface area contributed by atoms with E-state index in [2.05, 4.69) is 93.3 Å². The van der Waals surface area contributed by atoms with Crippen molar-refractivity contribution in [3.63, 3.8) is 0 Å². The molecule has 1 aromatic carbocycles. The molecule has 0 spiro atoms. The number of nitrogens with zero attached hydrogens (tertiary/aromatic N) is 5. The maximum absolute atomic E-state index is 6.14. The minimum Gasteiger partial charge on any atom is -0.378 e. The fourth-order valence-electron chi connectivity index (χ4n) is 5.70. The second-order valence-corrected chi connectivity index (χ2v) is 11.7. The van der Waals surface area contributed by atoms with Gasteiger partial charge in [0.05, 0.1) is 11.8 Å². The lowest BCUT2D eigenvalue weighted by Crippen LogP contribution is -2.57. The Morgan fingerprint density at radius 2 is 1.90 bits per heavy atom. The highest BCUT2D eigenvalue weighted by molar-refractivity contribution is 6.01. The van der Waals surface area contributed by atoms with Gasteiger partial charge in [0.1, 0.15) is 5.84 Å². The molecule has 40 heavy (non-hydrogen) atoms. The molecular weight excluding hydrogens is 492 g/mol. The molecule has 220 valence electrons. The normalized spacial score (nSPS) is 19.6. The van der Waals surface area contributed by atoms with Gasteiger partial charge in [-0.2, -0.15) is 0 Å². The molecule has 6 heteroatoms. The molecule has 0 aromatic heterocycles. The molecule has 0 bridgehead atoms. The van der Waals surface area contributed by atoms with Crippen molar-refractivity contribution >= 4 is 17.2 Å². The third-order valence-electron chi connectivity index (χ3n) is 8.21. The number of aliphatic imine (C=N–C) groups is 2. The Hall–Kier alpha value is -2.86. The quantitative estimate of drug-likeness (QED) is 0.243. The maximum atomic E-state index is 6.14. The average molecular weight is 547 g/mol. The lowest BCUT2D eigenvalue weighted by Gasteiger charge is -2.40. The summed E-state index contributed by atoms with van der Waals surface area (Å²) in [6.07, 6.45) is 12.4. The van der Waals surface area contributed by atoms with Gasteiger partial charge in [0.15, 0.2) is 0 Å². The van der Waals surface area contributed by atoms with Crippen LogP contribution in [-0.2, 0) is 6.42 Å². The number of piperidine rings is 1. The fourth-order valence-corrected chi connectivity index (χ4v) is 5.70. The number of nitrogens with two attached hydrogens (primary N) is 1. The van der Waals surface area contributed by atoms with Crippen LogP contribution in [0.2, 0.25) is 0 Å². The van der Waals surface area contributed by atoms with Crippen LogP contribution in [0.1, 0.15) is 82.9 Å². The number of aryl methyl sites for hydroxylation is 2. The van der Waals surface area contributed by atoms with Crippen molar-refractivity contribution in [1.29, 1.82) is 0 Å². The number of hydrogen-bond donors (Lipinski definition) is 1. The van der Waals surface area contributed by atoms with Crippen LogP contribution in [0.4, 0.5) is 0 Å². The number of likely N-dealkylation sites (tertiary alicyclic amines) is 2. The van der Waals surface area contributed by atoms with Crippen molar-refractivity contribution in [3.8, 4) is 0 Å². The topological polar surface area (TPSA) is 60.5 Å². The zero-order chi connectivity index (χ0) is 29.2. The summed E-state index contributed by atoms with van der Waals surface area (Å²) in [5, 5.41) is 0. The van der Waals surface area contributed by atoms with Crippen LogP contribution in [-0.4, -0.2) is 78.6 Å². The lowest BCUT2D eigenvalue weighted by molar-refractivity contribution is 0.255. The highest BCUT2D eigenvalue weighted by atomic mass is 15.3. The number of amidine groups is 1. The van der Waals surface area contributed by atoms with Crippen molar-refractivity contribution < 1.29 is 0 Å². The molecule has 2 N–H and O–H groups in total. The van der Waals surface area contributed by atoms with Crippen LogP contribution in [0.5, 0.6) is 0 Å². The second kappa shape index (κ2) is 15.2. The van der Waals surface area contributed by atoms with Crippen LogP contribution < -0.4 is 5.73 Å². The van der Waals surface area contributed by atoms with E-state index in [1.54, 1.807) is 0 Å². The summed E-state index contributed by atoms with van der Waals surface area (Å²) in [6.45, 7) is 19.3. The van der Waals surface area contributed by atoms with Gasteiger partial charge in [-0.25, -0.2) is 4.99 Å². The van der Waals surface area contributed by atoms with E-state index in [0.717, 1.165) is 68.4 Å². The summed E-state index contributed by atoms with van der Waals surface area (Å²) in [4.78, 5) is 17.0. The maximum Gasteiger partial charge on any atom is 0.130 e. The third-order valence-corrected chi connectivity index (χ3v) is 8.21. The molecule has 2 aliphatic rings. The summed E-state index contributed by atoms with van der Waals surface area (Å²) in [5.41, 5.74) is 14.5. The van der Waals surface area contributed by atoms with Crippen molar-refractivity contribution in [1.82, 2.24) is 14.7 Å². The predicted octanol–water partition coefficient (Wildman–Crippen LogP) is 6.42. The highest BCUT2D eigenvalue weighted by Gasteiger charge is 2.29. The fraction of sp³-hybridized carbons (Fsp3) is 0.588. The molecule has 2 fully saturated rings. The number of rotatable bonds is 12. The number of unbranched alkanes of at least 4 members (excludes halogenated alkanes) is 1. The Labute approximate surface area is 244 Å². The Kier molecular flexibility index (Phi) is 12.1. The summed E-state index contributed by atoms with van der Waals surface area (Å²) >= 11 is 0. The van der Waals surface area contributed by atoms with Gasteiger partial charge in [-0.15, -0.1) is 0 Å². The van der Waals surface area contributed by atoms with Gasteiger partial charge in [-0.1, -0.05) is 44.5 Å². The molecule has 1 aromatic rings. The molecule has 2 aliphatic heterocycles. The van der Waals surface area contributed by atoms with Crippen molar-refractivity contribution in [2.75, 3.05) is 40.3 Å². The molecule has 0 radical (unpaired) electrons. The summed E-state index contributed by atoms with van der Waals surface area (Å²) in [7, 11) is 4.06. The standard InChI is InChI=1S/C34H54N6/c1-9-11-14-29-17-16-25(3)20-31(29)28(6)40-19-13-12-15-33(40)32(36-7)21-26(4)37-34(39-23-30(35)24-39)22-27(5)38(8)18-10-2/h16-17,20-22,30,33H,6,9-15,18-19,23-24,35H2,1-5,7-8H3/b26-21+,27-22+,36-32+,37-34+. The van der Waals surface area contributed by atoms with Gasteiger partial charge < -0.3 is 20.4 Å². The first-order valence-corrected chi connectivity index (χ1v) is 15.4. The first kappa shape index (κ1) is 31.7. The minimum atomic E-state index is 0.199. The molecule has 6 nitrogen and oxygen atoms in total. The summed E-state index contributed by atoms with van der Waals surface area (Å²) in [5.74, 6) is 0.983. The van der Waals surface area contributed by atoms with E-state index in [1.807, 2.05) is 7.05 Å². The lowest BCUT2D eigenvalue weighted by atomic mass is 9.92. The van der Waals surface area contributed by atoms with Crippen LogP contribution in [0.15, 0.2) is 58.3 Å². The molecule has 1 atom stereocenters. The van der Waals surface area contributed by atoms with E-state index in [1.165, 1.54) is 48.1 Å². The molecule has 2 heterocycles. The first-order chi connectivity index (χ1) is 19.2. The number of allylic oxidation sites excluding steroid dienone is 2. The van der Waals surface area contributed by atoms with E-state index in [4.69, 9.17) is 15.7 Å². The zero-order valence-corrected chi connectivity index (χ0v) is 26.3. The average Bonchev–Trinajstić information content (AvgIpc) is 2.92. The van der Waals surface area contributed by atoms with Crippen LogP contribution in [0.25, 0.3) is 5.70 Å². The Morgan fingerprint density at radius 1 is 1.15 bits per heavy atom. The van der Waals surface area contributed by atoms with Crippen LogP contribution in [0.3, 0.4) is 0 Å². The number of benzene rings is 1. The van der Waals surface area contributed by atoms with E-state index >= 15 is 0 Å². The van der Waals surface area contributed by atoms with E-state index in [-0.39, 0.29) is 12.1 Å². The van der Waals surface area contributed by atoms with Crippen molar-refractivity contribution in [2.45, 2.75) is 91.6 Å². The largest absolute Gasteiger partial charge is 0.378 e. The SMILES string of the molecule is C=C(c1cc(C)ccc1CCCC)N1CCCCC1C(/C=C(C)/N=C(\C=C(/C)N(C)CCC)N1CC(N)C1)=N/C. The third kappa shape index (κ3) is 8.33. The Morgan fingerprint density at radius 3 is 2.55 bits per heavy atom.